The van der Waals surface area contributed by atoms with Crippen LogP contribution in [-0.2, 0) is 4.79 Å². The normalized spacial score (nSPS) is 11.6. The number of aromatic nitrogens is 1. The minimum absolute atomic E-state index is 0.229. The van der Waals surface area contributed by atoms with Crippen molar-refractivity contribution < 1.29 is 4.79 Å². The van der Waals surface area contributed by atoms with Crippen LogP contribution in [0.1, 0.15) is 19.4 Å². The second kappa shape index (κ2) is 5.29. The van der Waals surface area contributed by atoms with Crippen molar-refractivity contribution in [3.05, 3.63) is 29.6 Å². The molecule has 15 heavy (non-hydrogen) atoms. The van der Waals surface area contributed by atoms with Gasteiger partial charge in [0.2, 0.25) is 0 Å². The topological polar surface area (TPSA) is 42.0 Å². The first-order valence-electron chi connectivity index (χ1n) is 4.97. The van der Waals surface area contributed by atoms with E-state index in [0.717, 1.165) is 23.1 Å². The Morgan fingerprint density at radius 2 is 2.27 bits per heavy atom. The average Bonchev–Trinajstić information content (AvgIpc) is 2.25. The highest BCUT2D eigenvalue weighted by atomic mass is 16.1. The van der Waals surface area contributed by atoms with E-state index in [1.807, 2.05) is 33.0 Å². The molecule has 1 aromatic heterocycles. The largest absolute Gasteiger partial charge is 0.388 e. The minimum Gasteiger partial charge on any atom is -0.388 e. The quantitative estimate of drug-likeness (QED) is 0.604. The summed E-state index contributed by atoms with van der Waals surface area (Å²) in [4.78, 5) is 14.9. The number of nitrogens with zero attached hydrogens (tertiary/aromatic N) is 1. The predicted molar refractivity (Wildman–Crippen MR) is 62.7 cm³/mol. The summed E-state index contributed by atoms with van der Waals surface area (Å²) in [6.45, 7) is 3.99. The molecule has 1 rings (SSSR count). The van der Waals surface area contributed by atoms with Crippen LogP contribution in [0.2, 0.25) is 0 Å². The van der Waals surface area contributed by atoms with Gasteiger partial charge in [-0.15, -0.1) is 0 Å². The molecule has 80 valence electrons. The predicted octanol–water partition coefficient (Wildman–Crippen LogP) is 2.36. The molecule has 0 saturated heterocycles. The first-order chi connectivity index (χ1) is 7.19. The van der Waals surface area contributed by atoms with Gasteiger partial charge in [0.1, 0.15) is 6.29 Å². The molecule has 0 bridgehead atoms. The summed E-state index contributed by atoms with van der Waals surface area (Å²) in [6, 6.07) is 1.88. The molecule has 3 nitrogen and oxygen atoms in total. The van der Waals surface area contributed by atoms with Gasteiger partial charge in [0.25, 0.3) is 0 Å². The first-order valence-corrected chi connectivity index (χ1v) is 4.97. The lowest BCUT2D eigenvalue weighted by atomic mass is 10.0. The zero-order valence-corrected chi connectivity index (χ0v) is 9.32. The van der Waals surface area contributed by atoms with E-state index < -0.39 is 0 Å². The van der Waals surface area contributed by atoms with Gasteiger partial charge in [-0.25, -0.2) is 0 Å². The number of allylic oxidation sites excluding steroid dienone is 1. The Labute approximate surface area is 90.2 Å². The molecule has 1 heterocycles. The zero-order chi connectivity index (χ0) is 11.3. The molecule has 1 aromatic rings. The van der Waals surface area contributed by atoms with Crippen LogP contribution in [0.4, 0.5) is 5.69 Å². The van der Waals surface area contributed by atoms with Crippen molar-refractivity contribution in [2.45, 2.75) is 13.8 Å². The van der Waals surface area contributed by atoms with E-state index in [1.54, 1.807) is 12.4 Å². The van der Waals surface area contributed by atoms with E-state index >= 15 is 0 Å². The molecule has 0 aliphatic rings. The third kappa shape index (κ3) is 2.91. The van der Waals surface area contributed by atoms with Crippen LogP contribution < -0.4 is 5.32 Å². The van der Waals surface area contributed by atoms with E-state index in [4.69, 9.17) is 0 Å². The number of aldehydes is 1. The molecule has 0 radical (unpaired) electrons. The first kappa shape index (κ1) is 11.4. The van der Waals surface area contributed by atoms with Crippen LogP contribution in [-0.4, -0.2) is 18.3 Å². The van der Waals surface area contributed by atoms with Gasteiger partial charge in [0, 0.05) is 30.7 Å². The Morgan fingerprint density at radius 3 is 2.80 bits per heavy atom. The van der Waals surface area contributed by atoms with Crippen LogP contribution in [0.25, 0.3) is 6.08 Å². The monoisotopic (exact) mass is 204 g/mol. The summed E-state index contributed by atoms with van der Waals surface area (Å²) < 4.78 is 0. The number of carbonyl (C=O) groups excluding carboxylic acids is 1. The zero-order valence-electron chi connectivity index (χ0n) is 9.32. The lowest BCUT2D eigenvalue weighted by Crippen LogP contribution is -1.97. The third-order valence-corrected chi connectivity index (χ3v) is 2.25. The smallest absolute Gasteiger partial charge is 0.146 e. The van der Waals surface area contributed by atoms with Gasteiger partial charge in [-0.05, 0) is 23.6 Å². The van der Waals surface area contributed by atoms with Gasteiger partial charge < -0.3 is 5.32 Å². The maximum atomic E-state index is 10.8. The van der Waals surface area contributed by atoms with E-state index in [0.29, 0.717) is 0 Å². The highest BCUT2D eigenvalue weighted by molar-refractivity contribution is 5.84. The average molecular weight is 204 g/mol. The molecule has 3 heteroatoms. The van der Waals surface area contributed by atoms with E-state index in [2.05, 4.69) is 10.3 Å². The highest BCUT2D eigenvalue weighted by Gasteiger charge is 2.03. The fraction of sp³-hybridized carbons (Fsp3) is 0.333. The Bertz CT molecular complexity index is 370. The summed E-state index contributed by atoms with van der Waals surface area (Å²) in [6.07, 6.45) is 6.24. The molecule has 0 spiro atoms. The number of rotatable bonds is 4. The van der Waals surface area contributed by atoms with Gasteiger partial charge in [-0.2, -0.15) is 0 Å². The molecule has 0 fully saturated rings. The van der Waals surface area contributed by atoms with E-state index in [1.165, 1.54) is 0 Å². The summed E-state index contributed by atoms with van der Waals surface area (Å²) in [5, 5.41) is 3.06. The van der Waals surface area contributed by atoms with Crippen molar-refractivity contribution in [1.29, 1.82) is 0 Å². The van der Waals surface area contributed by atoms with Gasteiger partial charge in [0.15, 0.2) is 0 Å². The number of carbonyl (C=O) groups is 1. The molecule has 0 saturated carbocycles. The Balaban J connectivity index is 3.10. The number of pyridine rings is 1. The van der Waals surface area contributed by atoms with Crippen LogP contribution in [0, 0.1) is 5.92 Å². The molecule has 0 unspecified atom stereocenters. The van der Waals surface area contributed by atoms with Gasteiger partial charge in [0.05, 0.1) is 0 Å². The van der Waals surface area contributed by atoms with E-state index in [-0.39, 0.29) is 5.92 Å². The van der Waals surface area contributed by atoms with Crippen molar-refractivity contribution in [1.82, 2.24) is 4.98 Å². The molecule has 1 N–H and O–H groups in total. The Morgan fingerprint density at radius 1 is 1.53 bits per heavy atom. The fourth-order valence-corrected chi connectivity index (χ4v) is 1.27. The number of anilines is 1. The Kier molecular flexibility index (Phi) is 4.03. The molecule has 0 amide bonds. The van der Waals surface area contributed by atoms with Crippen molar-refractivity contribution in [2.75, 3.05) is 12.4 Å². The second-order valence-electron chi connectivity index (χ2n) is 3.63. The van der Waals surface area contributed by atoms with Crippen molar-refractivity contribution in [3.63, 3.8) is 0 Å². The molecule has 0 atom stereocenters. The van der Waals surface area contributed by atoms with Gasteiger partial charge >= 0.3 is 0 Å². The maximum absolute atomic E-state index is 10.8. The summed E-state index contributed by atoms with van der Waals surface area (Å²) >= 11 is 0. The molecular formula is C12H16N2O. The van der Waals surface area contributed by atoms with Crippen LogP contribution >= 0.6 is 0 Å². The summed E-state index contributed by atoms with van der Waals surface area (Å²) in [5.41, 5.74) is 2.69. The van der Waals surface area contributed by atoms with Crippen LogP contribution in [0.5, 0.6) is 0 Å². The third-order valence-electron chi connectivity index (χ3n) is 2.25. The van der Waals surface area contributed by atoms with Crippen molar-refractivity contribution in [2.24, 2.45) is 5.92 Å². The van der Waals surface area contributed by atoms with E-state index in [9.17, 15) is 4.79 Å². The summed E-state index contributed by atoms with van der Waals surface area (Å²) in [5.74, 6) is 0.229. The van der Waals surface area contributed by atoms with Gasteiger partial charge in [-0.3, -0.25) is 9.78 Å². The second-order valence-corrected chi connectivity index (χ2v) is 3.63. The van der Waals surface area contributed by atoms with Crippen molar-refractivity contribution in [3.8, 4) is 0 Å². The van der Waals surface area contributed by atoms with Crippen LogP contribution in [0.15, 0.2) is 24.0 Å². The molecule has 0 aliphatic heterocycles. The number of hydrogen-bond donors (Lipinski definition) is 1. The standard InChI is InChI=1S/C12H16N2O/c1-9(2)11(8-15)6-10-7-14-5-4-12(10)13-3/h4-9H,1-3H3,(H,13,14)/b11-6+. The van der Waals surface area contributed by atoms with Crippen LogP contribution in [0.3, 0.4) is 0 Å². The molecular weight excluding hydrogens is 188 g/mol. The molecule has 0 aromatic carbocycles. The summed E-state index contributed by atoms with van der Waals surface area (Å²) in [7, 11) is 1.85. The van der Waals surface area contributed by atoms with Gasteiger partial charge in [-0.1, -0.05) is 13.8 Å². The lowest BCUT2D eigenvalue weighted by molar-refractivity contribution is -0.105. The maximum Gasteiger partial charge on any atom is 0.146 e. The minimum atomic E-state index is 0.229. The number of nitrogens with one attached hydrogen (secondary N) is 1. The molecule has 0 aliphatic carbocycles. The fourth-order valence-electron chi connectivity index (χ4n) is 1.27. The number of hydrogen-bond acceptors (Lipinski definition) is 3. The Hall–Kier alpha value is -1.64. The van der Waals surface area contributed by atoms with Crippen molar-refractivity contribution >= 4 is 18.0 Å². The lowest BCUT2D eigenvalue weighted by Gasteiger charge is -2.07. The SMILES string of the molecule is CNc1ccncc1/C=C(\C=O)C(C)C. The highest BCUT2D eigenvalue weighted by Crippen LogP contribution is 2.18.